The maximum atomic E-state index is 11.4. The maximum absolute atomic E-state index is 11.4. The molecule has 0 atom stereocenters. The van der Waals surface area contributed by atoms with Gasteiger partial charge in [0.1, 0.15) is 10.6 Å². The molecule has 1 aliphatic rings. The molecular formula is C10H16N4O2S. The first kappa shape index (κ1) is 12.1. The van der Waals surface area contributed by atoms with E-state index in [-0.39, 0.29) is 11.4 Å². The highest BCUT2D eigenvalue weighted by atomic mass is 32.1. The fourth-order valence-electron chi connectivity index (χ4n) is 1.93. The van der Waals surface area contributed by atoms with Crippen LogP contribution in [-0.4, -0.2) is 35.6 Å². The molecule has 2 rings (SSSR count). The molecule has 0 radical (unpaired) electrons. The zero-order valence-electron chi connectivity index (χ0n) is 9.90. The second-order valence-corrected chi connectivity index (χ2v) is 5.39. The summed E-state index contributed by atoms with van der Waals surface area (Å²) in [6.45, 7) is 6.03. The van der Waals surface area contributed by atoms with E-state index >= 15 is 0 Å². The molecule has 1 amide bonds. The number of hydrogen-bond acceptors (Lipinski definition) is 6. The highest BCUT2D eigenvalue weighted by molar-refractivity contribution is 7.11. The summed E-state index contributed by atoms with van der Waals surface area (Å²) in [5.41, 5.74) is 11.1. The van der Waals surface area contributed by atoms with Crippen LogP contribution in [-0.2, 0) is 4.74 Å². The molecule has 0 bridgehead atoms. The number of morpholine rings is 1. The Hall–Kier alpha value is -1.34. The smallest absolute Gasteiger partial charge is 0.255 e. The number of aromatic nitrogens is 1. The molecule has 0 aromatic carbocycles. The molecule has 7 heteroatoms. The van der Waals surface area contributed by atoms with Gasteiger partial charge in [-0.15, -0.1) is 0 Å². The summed E-state index contributed by atoms with van der Waals surface area (Å²) < 4.78 is 9.62. The molecule has 4 N–H and O–H groups in total. The van der Waals surface area contributed by atoms with E-state index in [4.69, 9.17) is 16.2 Å². The number of rotatable bonds is 2. The Morgan fingerprint density at radius 3 is 2.88 bits per heavy atom. The van der Waals surface area contributed by atoms with E-state index in [0.717, 1.165) is 5.00 Å². The van der Waals surface area contributed by atoms with E-state index < -0.39 is 5.91 Å². The first-order chi connectivity index (χ1) is 7.91. The van der Waals surface area contributed by atoms with Gasteiger partial charge in [0.15, 0.2) is 5.82 Å². The largest absolute Gasteiger partial charge is 0.382 e. The van der Waals surface area contributed by atoms with Crippen molar-refractivity contribution in [3.63, 3.8) is 0 Å². The Morgan fingerprint density at radius 2 is 2.29 bits per heavy atom. The van der Waals surface area contributed by atoms with Crippen molar-refractivity contribution in [3.8, 4) is 0 Å². The number of carbonyl (C=O) groups excluding carboxylic acids is 1. The molecule has 1 aromatic rings. The highest BCUT2D eigenvalue weighted by Crippen LogP contribution is 2.32. The number of carbonyl (C=O) groups is 1. The molecule has 1 aliphatic heterocycles. The van der Waals surface area contributed by atoms with Crippen LogP contribution < -0.4 is 16.4 Å². The van der Waals surface area contributed by atoms with Crippen LogP contribution >= 0.6 is 11.5 Å². The van der Waals surface area contributed by atoms with Crippen LogP contribution in [0.4, 0.5) is 10.8 Å². The molecule has 1 saturated heterocycles. The summed E-state index contributed by atoms with van der Waals surface area (Å²) in [4.78, 5) is 13.4. The van der Waals surface area contributed by atoms with Crippen molar-refractivity contribution in [2.45, 2.75) is 19.4 Å². The van der Waals surface area contributed by atoms with Crippen molar-refractivity contribution in [3.05, 3.63) is 5.56 Å². The zero-order chi connectivity index (χ0) is 12.6. The van der Waals surface area contributed by atoms with Gasteiger partial charge < -0.3 is 21.1 Å². The Bertz CT molecular complexity index is 444. The molecule has 1 fully saturated rings. The second-order valence-electron chi connectivity index (χ2n) is 4.64. The highest BCUT2D eigenvalue weighted by Gasteiger charge is 2.31. The number of anilines is 2. The second kappa shape index (κ2) is 4.15. The molecule has 1 aromatic heterocycles. The predicted molar refractivity (Wildman–Crippen MR) is 67.3 cm³/mol. The minimum Gasteiger partial charge on any atom is -0.382 e. The van der Waals surface area contributed by atoms with Crippen molar-refractivity contribution in [2.24, 2.45) is 5.73 Å². The van der Waals surface area contributed by atoms with Gasteiger partial charge in [-0.25, -0.2) is 0 Å². The van der Waals surface area contributed by atoms with Gasteiger partial charge in [0, 0.05) is 13.1 Å². The van der Waals surface area contributed by atoms with Gasteiger partial charge in [-0.3, -0.25) is 4.79 Å². The van der Waals surface area contributed by atoms with Crippen LogP contribution in [0.15, 0.2) is 0 Å². The third-order valence-corrected chi connectivity index (χ3v) is 3.58. The molecule has 0 spiro atoms. The van der Waals surface area contributed by atoms with Gasteiger partial charge in [-0.1, -0.05) is 0 Å². The van der Waals surface area contributed by atoms with Crippen molar-refractivity contribution in [1.29, 1.82) is 0 Å². The fraction of sp³-hybridized carbons (Fsp3) is 0.600. The van der Waals surface area contributed by atoms with Crippen molar-refractivity contribution in [2.75, 3.05) is 30.3 Å². The van der Waals surface area contributed by atoms with Crippen molar-refractivity contribution < 1.29 is 9.53 Å². The lowest BCUT2D eigenvalue weighted by atomic mass is 10.1. The summed E-state index contributed by atoms with van der Waals surface area (Å²) in [6, 6.07) is 0. The third kappa shape index (κ3) is 2.34. The van der Waals surface area contributed by atoms with Gasteiger partial charge in [0.2, 0.25) is 0 Å². The number of nitrogens with two attached hydrogens (primary N) is 2. The normalized spacial score (nSPS) is 19.3. The van der Waals surface area contributed by atoms with Gasteiger partial charge in [-0.2, -0.15) is 4.37 Å². The standard InChI is InChI=1S/C10H16N4O2S/c1-10(2)5-14(3-4-16-10)9-6(8(12)15)7(11)13-17-9/h3-5H2,1-2H3,(H2,11,13)(H2,12,15). The SMILES string of the molecule is CC1(C)CN(c2snc(N)c2C(N)=O)CCO1. The van der Waals surface area contributed by atoms with E-state index in [0.29, 0.717) is 25.3 Å². The van der Waals surface area contributed by atoms with E-state index in [1.807, 2.05) is 13.8 Å². The topological polar surface area (TPSA) is 94.5 Å². The zero-order valence-corrected chi connectivity index (χ0v) is 10.7. The van der Waals surface area contributed by atoms with Crippen LogP contribution in [0.2, 0.25) is 0 Å². The fourth-order valence-corrected chi connectivity index (χ4v) is 2.77. The predicted octanol–water partition coefficient (Wildman–Crippen LogP) is 0.439. The number of ether oxygens (including phenoxy) is 1. The molecule has 0 aliphatic carbocycles. The molecule has 0 saturated carbocycles. The molecule has 0 unspecified atom stereocenters. The first-order valence-electron chi connectivity index (χ1n) is 5.34. The van der Waals surface area contributed by atoms with Crippen LogP contribution in [0.5, 0.6) is 0 Å². The van der Waals surface area contributed by atoms with E-state index in [2.05, 4.69) is 9.27 Å². The average molecular weight is 256 g/mol. The molecule has 2 heterocycles. The summed E-state index contributed by atoms with van der Waals surface area (Å²) in [6.07, 6.45) is 0. The van der Waals surface area contributed by atoms with Gasteiger partial charge in [0.25, 0.3) is 5.91 Å². The van der Waals surface area contributed by atoms with Crippen molar-refractivity contribution >= 4 is 28.3 Å². The number of amides is 1. The van der Waals surface area contributed by atoms with Crippen LogP contribution in [0, 0.1) is 0 Å². The summed E-state index contributed by atoms with van der Waals surface area (Å²) in [5, 5.41) is 0.742. The minimum absolute atomic E-state index is 0.210. The van der Waals surface area contributed by atoms with Gasteiger partial charge in [0.05, 0.1) is 12.2 Å². The Morgan fingerprint density at radius 1 is 1.59 bits per heavy atom. The Labute approximate surface area is 104 Å². The molecular weight excluding hydrogens is 240 g/mol. The Balaban J connectivity index is 2.31. The summed E-state index contributed by atoms with van der Waals surface area (Å²) in [7, 11) is 0. The monoisotopic (exact) mass is 256 g/mol. The van der Waals surface area contributed by atoms with Crippen molar-refractivity contribution in [1.82, 2.24) is 4.37 Å². The first-order valence-corrected chi connectivity index (χ1v) is 6.12. The maximum Gasteiger partial charge on any atom is 0.255 e. The number of nitrogens with zero attached hydrogens (tertiary/aromatic N) is 2. The third-order valence-electron chi connectivity index (χ3n) is 2.66. The quantitative estimate of drug-likeness (QED) is 0.800. The lowest BCUT2D eigenvalue weighted by Crippen LogP contribution is -2.48. The number of nitrogen functional groups attached to an aromatic ring is 1. The molecule has 17 heavy (non-hydrogen) atoms. The number of hydrogen-bond donors (Lipinski definition) is 2. The summed E-state index contributed by atoms with van der Waals surface area (Å²) in [5.74, 6) is -0.322. The lowest BCUT2D eigenvalue weighted by molar-refractivity contribution is -0.0275. The Kier molecular flexibility index (Phi) is 2.96. The lowest BCUT2D eigenvalue weighted by Gasteiger charge is -2.38. The summed E-state index contributed by atoms with van der Waals surface area (Å²) >= 11 is 1.21. The van der Waals surface area contributed by atoms with E-state index in [9.17, 15) is 4.79 Å². The van der Waals surface area contributed by atoms with Crippen LogP contribution in [0.1, 0.15) is 24.2 Å². The van der Waals surface area contributed by atoms with E-state index in [1.165, 1.54) is 11.5 Å². The van der Waals surface area contributed by atoms with E-state index in [1.54, 1.807) is 0 Å². The van der Waals surface area contributed by atoms with Crippen LogP contribution in [0.25, 0.3) is 0 Å². The van der Waals surface area contributed by atoms with Gasteiger partial charge >= 0.3 is 0 Å². The van der Waals surface area contributed by atoms with Crippen LogP contribution in [0.3, 0.4) is 0 Å². The minimum atomic E-state index is -0.532. The average Bonchev–Trinajstić information content (AvgIpc) is 2.58. The molecule has 6 nitrogen and oxygen atoms in total. The molecule has 94 valence electrons. The number of primary amides is 1. The van der Waals surface area contributed by atoms with Gasteiger partial charge in [-0.05, 0) is 25.4 Å².